The highest BCUT2D eigenvalue weighted by Crippen LogP contribution is 2.67. The number of esters is 2. The van der Waals surface area contributed by atoms with Gasteiger partial charge in [0.25, 0.3) is 0 Å². The third-order valence-corrected chi connectivity index (χ3v) is 9.23. The maximum atomic E-state index is 13.1. The van der Waals surface area contributed by atoms with Crippen molar-refractivity contribution >= 4 is 17.7 Å². The Hall–Kier alpha value is -1.39. The minimum atomic E-state index is -0.446. The normalized spacial score (nSPS) is 47.5. The van der Waals surface area contributed by atoms with Gasteiger partial charge in [0.15, 0.2) is 0 Å². The number of carbonyl (C=O) groups excluding carboxylic acids is 3. The molecule has 4 saturated carbocycles. The summed E-state index contributed by atoms with van der Waals surface area (Å²) < 4.78 is 11.0. The molecule has 0 aliphatic heterocycles. The fourth-order valence-corrected chi connectivity index (χ4v) is 7.94. The van der Waals surface area contributed by atoms with Crippen molar-refractivity contribution in [3.05, 3.63) is 0 Å². The van der Waals surface area contributed by atoms with Crippen molar-refractivity contribution in [2.45, 2.75) is 78.2 Å². The first-order chi connectivity index (χ1) is 13.2. The molecule has 5 nitrogen and oxygen atoms in total. The van der Waals surface area contributed by atoms with Gasteiger partial charge >= 0.3 is 11.9 Å². The van der Waals surface area contributed by atoms with E-state index in [0.29, 0.717) is 24.0 Å². The van der Waals surface area contributed by atoms with Crippen LogP contribution in [-0.4, -0.2) is 30.9 Å². The van der Waals surface area contributed by atoms with E-state index in [9.17, 15) is 14.4 Å². The first-order valence-corrected chi connectivity index (χ1v) is 11.0. The predicted molar refractivity (Wildman–Crippen MR) is 103 cm³/mol. The van der Waals surface area contributed by atoms with E-state index in [-0.39, 0.29) is 41.2 Å². The van der Waals surface area contributed by atoms with Crippen LogP contribution in [0.25, 0.3) is 0 Å². The van der Waals surface area contributed by atoms with Crippen LogP contribution in [0.2, 0.25) is 0 Å². The van der Waals surface area contributed by atoms with Gasteiger partial charge < -0.3 is 9.47 Å². The molecule has 28 heavy (non-hydrogen) atoms. The third kappa shape index (κ3) is 2.68. The second-order valence-electron chi connectivity index (χ2n) is 10.2. The summed E-state index contributed by atoms with van der Waals surface area (Å²) in [7, 11) is 1.43. The van der Waals surface area contributed by atoms with Crippen molar-refractivity contribution in [1.82, 2.24) is 0 Å². The summed E-state index contributed by atoms with van der Waals surface area (Å²) >= 11 is 0. The molecule has 0 saturated heterocycles. The molecule has 0 unspecified atom stereocenters. The number of ketones is 1. The Labute approximate surface area is 167 Å². The molecule has 0 heterocycles. The summed E-state index contributed by atoms with van der Waals surface area (Å²) in [5.41, 5.74) is -0.445. The average Bonchev–Trinajstić information content (AvgIpc) is 3.00. The topological polar surface area (TPSA) is 69.7 Å². The lowest BCUT2D eigenvalue weighted by Gasteiger charge is -2.61. The van der Waals surface area contributed by atoms with Crippen molar-refractivity contribution in [2.75, 3.05) is 7.11 Å². The van der Waals surface area contributed by atoms with Crippen LogP contribution in [0.1, 0.15) is 72.1 Å². The van der Waals surface area contributed by atoms with Gasteiger partial charge in [-0.2, -0.15) is 0 Å². The number of Topliss-reactive ketones (excluding diaryl/α,β-unsaturated/α-hetero) is 1. The average molecular weight is 391 g/mol. The van der Waals surface area contributed by atoms with Gasteiger partial charge in [0, 0.05) is 24.7 Å². The molecule has 0 bridgehead atoms. The molecule has 0 radical (unpaired) electrons. The van der Waals surface area contributed by atoms with E-state index >= 15 is 0 Å². The van der Waals surface area contributed by atoms with Gasteiger partial charge in [-0.15, -0.1) is 0 Å². The van der Waals surface area contributed by atoms with Gasteiger partial charge in [0.05, 0.1) is 13.0 Å². The lowest BCUT2D eigenvalue weighted by Crippen LogP contribution is -2.61. The Morgan fingerprint density at radius 1 is 1.07 bits per heavy atom. The standard InChI is InChI=1S/C23H34O5/c1-13(24)28-20-12-18-14(11-19(25)16-7-5-6-10-22(16,18)2)15-8-9-17(21(26)27-4)23(15,20)3/h14-18,20H,5-12H2,1-4H3/t14-,15+,16+,17-,18+,20-,22-,23+/m0/s1. The van der Waals surface area contributed by atoms with Crippen molar-refractivity contribution in [3.8, 4) is 0 Å². The van der Waals surface area contributed by atoms with Crippen LogP contribution in [-0.2, 0) is 23.9 Å². The lowest BCUT2D eigenvalue weighted by molar-refractivity contribution is -0.196. The Morgan fingerprint density at radius 2 is 1.82 bits per heavy atom. The minimum absolute atomic E-state index is 0.00132. The zero-order valence-electron chi connectivity index (χ0n) is 17.7. The fourth-order valence-electron chi connectivity index (χ4n) is 7.94. The van der Waals surface area contributed by atoms with E-state index in [4.69, 9.17) is 9.47 Å². The second-order valence-corrected chi connectivity index (χ2v) is 10.2. The van der Waals surface area contributed by atoms with Gasteiger partial charge in [-0.25, -0.2) is 0 Å². The Kier molecular flexibility index (Phi) is 4.86. The van der Waals surface area contributed by atoms with Crippen LogP contribution in [0, 0.1) is 40.4 Å². The SMILES string of the molecule is COC(=O)[C@@H]1CC[C@@H]2[C@@H]3CC(=O)[C@H]4CCCC[C@]4(C)[C@@H]3C[C@H](OC(C)=O)[C@]21C. The van der Waals surface area contributed by atoms with Crippen LogP contribution in [0.15, 0.2) is 0 Å². The summed E-state index contributed by atoms with van der Waals surface area (Å²) in [5.74, 6) is 0.734. The summed E-state index contributed by atoms with van der Waals surface area (Å²) in [6, 6.07) is 0. The number of methoxy groups -OCH3 is 1. The van der Waals surface area contributed by atoms with E-state index in [2.05, 4.69) is 13.8 Å². The molecular formula is C23H34O5. The molecule has 5 heteroatoms. The van der Waals surface area contributed by atoms with E-state index in [1.807, 2.05) is 0 Å². The summed E-state index contributed by atoms with van der Waals surface area (Å²) in [4.78, 5) is 37.7. The van der Waals surface area contributed by atoms with E-state index < -0.39 is 5.41 Å². The van der Waals surface area contributed by atoms with Gasteiger partial charge in [-0.05, 0) is 55.3 Å². The highest BCUT2D eigenvalue weighted by Gasteiger charge is 2.66. The molecule has 0 amide bonds. The highest BCUT2D eigenvalue weighted by molar-refractivity contribution is 5.83. The van der Waals surface area contributed by atoms with Gasteiger partial charge in [-0.1, -0.05) is 26.7 Å². The van der Waals surface area contributed by atoms with Crippen molar-refractivity contribution in [3.63, 3.8) is 0 Å². The van der Waals surface area contributed by atoms with Gasteiger partial charge in [0.1, 0.15) is 11.9 Å². The fraction of sp³-hybridized carbons (Fsp3) is 0.870. The van der Waals surface area contributed by atoms with Crippen LogP contribution in [0.4, 0.5) is 0 Å². The molecular weight excluding hydrogens is 356 g/mol. The lowest BCUT2D eigenvalue weighted by atomic mass is 9.44. The molecule has 4 aliphatic rings. The van der Waals surface area contributed by atoms with E-state index in [1.54, 1.807) is 0 Å². The molecule has 8 atom stereocenters. The van der Waals surface area contributed by atoms with Crippen molar-refractivity contribution < 1.29 is 23.9 Å². The third-order valence-electron chi connectivity index (χ3n) is 9.23. The zero-order valence-corrected chi connectivity index (χ0v) is 17.7. The Bertz CT molecular complexity index is 686. The van der Waals surface area contributed by atoms with E-state index in [0.717, 1.165) is 38.5 Å². The van der Waals surface area contributed by atoms with Crippen molar-refractivity contribution in [1.29, 1.82) is 0 Å². The number of rotatable bonds is 2. The first-order valence-electron chi connectivity index (χ1n) is 11.0. The van der Waals surface area contributed by atoms with Gasteiger partial charge in [-0.3, -0.25) is 14.4 Å². The maximum Gasteiger partial charge on any atom is 0.309 e. The summed E-state index contributed by atoms with van der Waals surface area (Å²) in [6.07, 6.45) is 7.18. The molecule has 156 valence electrons. The smallest absolute Gasteiger partial charge is 0.309 e. The van der Waals surface area contributed by atoms with Crippen LogP contribution in [0.3, 0.4) is 0 Å². The molecule has 0 aromatic heterocycles. The van der Waals surface area contributed by atoms with Crippen LogP contribution < -0.4 is 0 Å². The quantitative estimate of drug-likeness (QED) is 0.668. The predicted octanol–water partition coefficient (Wildman–Crippen LogP) is 3.93. The van der Waals surface area contributed by atoms with E-state index in [1.165, 1.54) is 20.5 Å². The zero-order chi connectivity index (χ0) is 20.3. The maximum absolute atomic E-state index is 13.1. The Morgan fingerprint density at radius 3 is 2.50 bits per heavy atom. The molecule has 4 fully saturated rings. The van der Waals surface area contributed by atoms with Crippen LogP contribution in [0.5, 0.6) is 0 Å². The number of fused-ring (bicyclic) bond motifs is 5. The molecule has 4 rings (SSSR count). The minimum Gasteiger partial charge on any atom is -0.469 e. The second kappa shape index (κ2) is 6.84. The molecule has 0 aromatic carbocycles. The molecule has 0 aromatic rings. The summed E-state index contributed by atoms with van der Waals surface area (Å²) in [5, 5.41) is 0. The number of ether oxygens (including phenoxy) is 2. The first kappa shape index (κ1) is 19.9. The molecule has 0 N–H and O–H groups in total. The molecule has 4 aliphatic carbocycles. The number of carbonyl (C=O) groups is 3. The molecule has 0 spiro atoms. The highest BCUT2D eigenvalue weighted by atomic mass is 16.5. The largest absolute Gasteiger partial charge is 0.469 e. The monoisotopic (exact) mass is 390 g/mol. The number of hydrogen-bond acceptors (Lipinski definition) is 5. The van der Waals surface area contributed by atoms with Crippen LogP contribution >= 0.6 is 0 Å². The Balaban J connectivity index is 1.75. The van der Waals surface area contributed by atoms with Crippen molar-refractivity contribution in [2.24, 2.45) is 40.4 Å². The van der Waals surface area contributed by atoms with Gasteiger partial charge in [0.2, 0.25) is 0 Å². The number of hydrogen-bond donors (Lipinski definition) is 0. The summed E-state index contributed by atoms with van der Waals surface area (Å²) in [6.45, 7) is 5.88.